The lowest BCUT2D eigenvalue weighted by Crippen LogP contribution is -2.37. The number of nitrogens with zero attached hydrogens (tertiary/aromatic N) is 1. The molecule has 42 heavy (non-hydrogen) atoms. The average molecular weight is 617 g/mol. The van der Waals surface area contributed by atoms with Gasteiger partial charge in [0.25, 0.3) is 0 Å². The molecule has 2 atom stereocenters. The smallest absolute Gasteiger partial charge is 0.462 e. The van der Waals surface area contributed by atoms with Gasteiger partial charge in [0.05, 0.1) is 27.7 Å². The minimum atomic E-state index is -4.34. The van der Waals surface area contributed by atoms with Gasteiger partial charge in [-0.15, -0.1) is 0 Å². The number of allylic oxidation sites excluding steroid dienone is 6. The highest BCUT2D eigenvalue weighted by Crippen LogP contribution is 2.43. The summed E-state index contributed by atoms with van der Waals surface area (Å²) in [5.41, 5.74) is 0. The number of phosphoric acid groups is 1. The maximum absolute atomic E-state index is 12.4. The summed E-state index contributed by atoms with van der Waals surface area (Å²) in [6, 6.07) is 0. The summed E-state index contributed by atoms with van der Waals surface area (Å²) in [5, 5.41) is 0. The lowest BCUT2D eigenvalue weighted by Gasteiger charge is -2.24. The summed E-state index contributed by atoms with van der Waals surface area (Å²) in [5.74, 6) is -0.878. The molecule has 0 saturated carbocycles. The molecule has 0 aromatic rings. The van der Waals surface area contributed by atoms with Gasteiger partial charge in [0.1, 0.15) is 19.8 Å². The number of ether oxygens (including phenoxy) is 2. The maximum Gasteiger partial charge on any atom is 0.472 e. The second kappa shape index (κ2) is 25.7. The first-order valence-electron chi connectivity index (χ1n) is 15.7. The Hall–Kier alpha value is -1.77. The van der Waals surface area contributed by atoms with E-state index in [9.17, 15) is 19.0 Å². The van der Waals surface area contributed by atoms with Crippen LogP contribution >= 0.6 is 7.82 Å². The van der Waals surface area contributed by atoms with Crippen LogP contribution in [0, 0.1) is 0 Å². The van der Waals surface area contributed by atoms with E-state index in [4.69, 9.17) is 18.5 Å². The molecule has 0 amide bonds. The molecule has 0 radical (unpaired) electrons. The number of esters is 2. The molecule has 9 nitrogen and oxygen atoms in total. The second-order valence-corrected chi connectivity index (χ2v) is 12.9. The van der Waals surface area contributed by atoms with Gasteiger partial charge in [-0.3, -0.25) is 18.6 Å². The first-order chi connectivity index (χ1) is 20.0. The highest BCUT2D eigenvalue weighted by molar-refractivity contribution is 7.47. The number of hydrogen-bond donors (Lipinski definition) is 1. The Balaban J connectivity index is 4.19. The fraction of sp³-hybridized carbons (Fsp3) is 0.750. The van der Waals surface area contributed by atoms with Crippen LogP contribution in [0.15, 0.2) is 36.5 Å². The van der Waals surface area contributed by atoms with Crippen LogP contribution < -0.4 is 0 Å². The molecule has 0 heterocycles. The van der Waals surface area contributed by atoms with Crippen molar-refractivity contribution in [3.8, 4) is 0 Å². The predicted molar refractivity (Wildman–Crippen MR) is 169 cm³/mol. The van der Waals surface area contributed by atoms with Gasteiger partial charge in [0.2, 0.25) is 0 Å². The largest absolute Gasteiger partial charge is 0.472 e. The van der Waals surface area contributed by atoms with Crippen molar-refractivity contribution in [1.82, 2.24) is 0 Å². The fourth-order valence-corrected chi connectivity index (χ4v) is 4.45. The molecule has 0 aliphatic carbocycles. The molecular formula is C32H59NO8P+. The normalized spacial score (nSPS) is 14.5. The van der Waals surface area contributed by atoms with Gasteiger partial charge >= 0.3 is 19.8 Å². The number of rotatable bonds is 27. The van der Waals surface area contributed by atoms with Crippen LogP contribution in [-0.2, 0) is 32.7 Å². The van der Waals surface area contributed by atoms with E-state index in [1.54, 1.807) is 0 Å². The average Bonchev–Trinajstić information content (AvgIpc) is 2.91. The van der Waals surface area contributed by atoms with Gasteiger partial charge in [0, 0.05) is 12.8 Å². The standard InChI is InChI=1S/C32H58NO8P/c1-6-8-9-10-11-12-13-14-15-16-17-18-19-20-21-22-23-25-32(35)41-30(28-38-31(34)24-7-2)29-40-42(36,37)39-27-26-33(3,4)5/h8-9,11-12,14-15,30H,6-7,10,13,16-29H2,1-5H3/p+1/b9-8-,12-11-,15-14-. The summed E-state index contributed by atoms with van der Waals surface area (Å²) < 4.78 is 33.4. The molecule has 1 N–H and O–H groups in total. The monoisotopic (exact) mass is 616 g/mol. The zero-order valence-electron chi connectivity index (χ0n) is 27.0. The van der Waals surface area contributed by atoms with Crippen LogP contribution in [0.1, 0.15) is 104 Å². The predicted octanol–water partition coefficient (Wildman–Crippen LogP) is 7.45. The third kappa shape index (κ3) is 28.4. The van der Waals surface area contributed by atoms with Crippen LogP contribution in [0.5, 0.6) is 0 Å². The van der Waals surface area contributed by atoms with Crippen LogP contribution in [0.4, 0.5) is 0 Å². The van der Waals surface area contributed by atoms with Gasteiger partial charge in [-0.2, -0.15) is 0 Å². The maximum atomic E-state index is 12.4. The number of unbranched alkanes of at least 4 members (excludes halogenated alkanes) is 7. The molecule has 0 bridgehead atoms. The summed E-state index contributed by atoms with van der Waals surface area (Å²) in [4.78, 5) is 34.1. The Morgan fingerprint density at radius 1 is 0.762 bits per heavy atom. The molecule has 244 valence electrons. The van der Waals surface area contributed by atoms with Crippen LogP contribution in [-0.4, -0.2) is 74.9 Å². The van der Waals surface area contributed by atoms with Crippen molar-refractivity contribution in [2.24, 2.45) is 0 Å². The number of phosphoric ester groups is 1. The number of carbonyl (C=O) groups is 2. The van der Waals surface area contributed by atoms with Gasteiger partial charge in [-0.05, 0) is 44.9 Å². The molecule has 0 aliphatic heterocycles. The molecule has 10 heteroatoms. The topological polar surface area (TPSA) is 108 Å². The lowest BCUT2D eigenvalue weighted by molar-refractivity contribution is -0.870. The lowest BCUT2D eigenvalue weighted by atomic mass is 10.1. The van der Waals surface area contributed by atoms with Crippen molar-refractivity contribution < 1.29 is 42.1 Å². The third-order valence-corrected chi connectivity index (χ3v) is 7.14. The number of likely N-dealkylation sites (N-methyl/N-ethyl adjacent to an activating group) is 1. The van der Waals surface area contributed by atoms with Gasteiger partial charge in [-0.1, -0.05) is 82.4 Å². The highest BCUT2D eigenvalue weighted by Gasteiger charge is 2.26. The summed E-state index contributed by atoms with van der Waals surface area (Å²) in [6.45, 7) is 3.87. The highest BCUT2D eigenvalue weighted by atomic mass is 31.2. The Morgan fingerprint density at radius 3 is 1.98 bits per heavy atom. The fourth-order valence-electron chi connectivity index (χ4n) is 3.71. The Kier molecular flexibility index (Phi) is 24.6. The molecule has 2 unspecified atom stereocenters. The van der Waals surface area contributed by atoms with E-state index in [0.717, 1.165) is 44.9 Å². The van der Waals surface area contributed by atoms with Crippen molar-refractivity contribution in [2.75, 3.05) is 47.5 Å². The van der Waals surface area contributed by atoms with Crippen LogP contribution in [0.25, 0.3) is 0 Å². The molecule has 0 saturated heterocycles. The minimum absolute atomic E-state index is 0.0275. The van der Waals surface area contributed by atoms with Crippen molar-refractivity contribution >= 4 is 19.8 Å². The zero-order chi connectivity index (χ0) is 31.5. The molecule has 0 aromatic carbocycles. The molecule has 0 aromatic heterocycles. The van der Waals surface area contributed by atoms with E-state index >= 15 is 0 Å². The number of carbonyl (C=O) groups excluding carboxylic acids is 2. The van der Waals surface area contributed by atoms with Gasteiger partial charge in [0.15, 0.2) is 6.10 Å². The van der Waals surface area contributed by atoms with E-state index in [1.165, 1.54) is 19.3 Å². The van der Waals surface area contributed by atoms with E-state index in [-0.39, 0.29) is 26.1 Å². The van der Waals surface area contributed by atoms with Crippen molar-refractivity contribution in [2.45, 2.75) is 110 Å². The molecule has 0 spiro atoms. The first kappa shape index (κ1) is 40.2. The molecule has 0 fully saturated rings. The molecule has 0 rings (SSSR count). The van der Waals surface area contributed by atoms with E-state index in [0.29, 0.717) is 23.9 Å². The van der Waals surface area contributed by atoms with Gasteiger partial charge in [-0.25, -0.2) is 4.57 Å². The summed E-state index contributed by atoms with van der Waals surface area (Å²) in [7, 11) is 1.45. The van der Waals surface area contributed by atoms with E-state index in [2.05, 4.69) is 43.4 Å². The zero-order valence-corrected chi connectivity index (χ0v) is 27.9. The third-order valence-electron chi connectivity index (χ3n) is 6.15. The number of hydrogen-bond acceptors (Lipinski definition) is 7. The van der Waals surface area contributed by atoms with E-state index < -0.39 is 32.5 Å². The summed E-state index contributed by atoms with van der Waals surface area (Å²) >= 11 is 0. The van der Waals surface area contributed by atoms with Gasteiger partial charge < -0.3 is 18.9 Å². The summed E-state index contributed by atoms with van der Waals surface area (Å²) in [6.07, 6.45) is 25.0. The Labute approximate surface area is 255 Å². The Bertz CT molecular complexity index is 835. The van der Waals surface area contributed by atoms with Crippen molar-refractivity contribution in [1.29, 1.82) is 0 Å². The molecular weight excluding hydrogens is 557 g/mol. The first-order valence-corrected chi connectivity index (χ1v) is 17.2. The van der Waals surface area contributed by atoms with E-state index in [1.807, 2.05) is 28.1 Å². The Morgan fingerprint density at radius 2 is 1.36 bits per heavy atom. The van der Waals surface area contributed by atoms with Crippen molar-refractivity contribution in [3.63, 3.8) is 0 Å². The number of quaternary nitrogens is 1. The van der Waals surface area contributed by atoms with Crippen LogP contribution in [0.2, 0.25) is 0 Å². The van der Waals surface area contributed by atoms with Crippen molar-refractivity contribution in [3.05, 3.63) is 36.5 Å². The van der Waals surface area contributed by atoms with Crippen LogP contribution in [0.3, 0.4) is 0 Å². The minimum Gasteiger partial charge on any atom is -0.462 e. The molecule has 0 aliphatic rings. The second-order valence-electron chi connectivity index (χ2n) is 11.5. The quantitative estimate of drug-likeness (QED) is 0.0333. The SMILES string of the molecule is CC/C=C\C/C=C\C/C=C\CCCCCCCCCC(=O)OC(COC(=O)CCC)COP(=O)(O)OCC[N+](C)(C)C.